The van der Waals surface area contributed by atoms with Crippen molar-refractivity contribution >= 4 is 11.6 Å². The molecule has 1 aliphatic rings. The lowest BCUT2D eigenvalue weighted by molar-refractivity contribution is -0.145. The summed E-state index contributed by atoms with van der Waals surface area (Å²) in [5.74, 6) is -0.370. The van der Waals surface area contributed by atoms with Gasteiger partial charge in [-0.1, -0.05) is 34.1 Å². The highest BCUT2D eigenvalue weighted by atomic mass is 16.2. The number of Topliss-reactive ketones (excluding diaryl/α,β-unsaturated/α-hetero) is 2. The van der Waals surface area contributed by atoms with Gasteiger partial charge >= 0.3 is 0 Å². The molecule has 0 unspecified atom stereocenters. The number of ketones is 2. The van der Waals surface area contributed by atoms with Crippen LogP contribution in [0.5, 0.6) is 0 Å². The number of hydrogen-bond donors (Lipinski definition) is 0. The minimum Gasteiger partial charge on any atom is -0.290 e. The van der Waals surface area contributed by atoms with Crippen LogP contribution in [0.3, 0.4) is 0 Å². The van der Waals surface area contributed by atoms with Gasteiger partial charge in [-0.15, -0.1) is 0 Å². The molecule has 2 nitrogen and oxygen atoms in total. The molecule has 0 spiro atoms. The van der Waals surface area contributed by atoms with Gasteiger partial charge in [0.1, 0.15) is 0 Å². The SMILES string of the molecule is CC1(C)CCCC(C)(C)C(=O)C1=O. The Morgan fingerprint density at radius 1 is 0.846 bits per heavy atom. The van der Waals surface area contributed by atoms with E-state index in [-0.39, 0.29) is 11.6 Å². The first kappa shape index (κ1) is 10.4. The zero-order valence-corrected chi connectivity index (χ0v) is 8.94. The van der Waals surface area contributed by atoms with Gasteiger partial charge in [0.2, 0.25) is 11.6 Å². The molecule has 0 aromatic carbocycles. The van der Waals surface area contributed by atoms with Gasteiger partial charge in [-0.2, -0.15) is 0 Å². The fourth-order valence-electron chi connectivity index (χ4n) is 1.81. The highest BCUT2D eigenvalue weighted by Crippen LogP contribution is 2.37. The molecule has 74 valence electrons. The normalized spacial score (nSPS) is 27.1. The number of carbonyl (C=O) groups excluding carboxylic acids is 2. The first-order valence-corrected chi connectivity index (χ1v) is 4.87. The van der Waals surface area contributed by atoms with E-state index in [2.05, 4.69) is 0 Å². The average molecular weight is 182 g/mol. The second-order valence-corrected chi connectivity index (χ2v) is 5.28. The molecule has 0 radical (unpaired) electrons. The molecule has 0 amide bonds. The van der Waals surface area contributed by atoms with Crippen molar-refractivity contribution in [2.75, 3.05) is 0 Å². The van der Waals surface area contributed by atoms with E-state index in [1.54, 1.807) is 0 Å². The monoisotopic (exact) mass is 182 g/mol. The van der Waals surface area contributed by atoms with Gasteiger partial charge in [0.15, 0.2) is 0 Å². The summed E-state index contributed by atoms with van der Waals surface area (Å²) in [5, 5.41) is 0. The summed E-state index contributed by atoms with van der Waals surface area (Å²) in [5.41, 5.74) is -0.879. The van der Waals surface area contributed by atoms with Crippen LogP contribution in [0.1, 0.15) is 47.0 Å². The second kappa shape index (κ2) is 2.93. The van der Waals surface area contributed by atoms with Crippen molar-refractivity contribution in [2.45, 2.75) is 47.0 Å². The summed E-state index contributed by atoms with van der Waals surface area (Å²) >= 11 is 0. The van der Waals surface area contributed by atoms with Crippen molar-refractivity contribution in [3.63, 3.8) is 0 Å². The van der Waals surface area contributed by atoms with Crippen LogP contribution in [-0.2, 0) is 9.59 Å². The summed E-state index contributed by atoms with van der Waals surface area (Å²) in [4.78, 5) is 23.5. The summed E-state index contributed by atoms with van der Waals surface area (Å²) in [7, 11) is 0. The minimum atomic E-state index is -0.440. The molecule has 2 heteroatoms. The molecular weight excluding hydrogens is 164 g/mol. The number of carbonyl (C=O) groups is 2. The lowest BCUT2D eigenvalue weighted by Crippen LogP contribution is -2.36. The van der Waals surface area contributed by atoms with Crippen LogP contribution in [-0.4, -0.2) is 11.6 Å². The van der Waals surface area contributed by atoms with Crippen molar-refractivity contribution in [1.29, 1.82) is 0 Å². The van der Waals surface area contributed by atoms with Gasteiger partial charge in [0, 0.05) is 10.8 Å². The van der Waals surface area contributed by atoms with Crippen LogP contribution in [0.15, 0.2) is 0 Å². The quantitative estimate of drug-likeness (QED) is 0.425. The van der Waals surface area contributed by atoms with Crippen molar-refractivity contribution < 1.29 is 9.59 Å². The van der Waals surface area contributed by atoms with E-state index >= 15 is 0 Å². The zero-order chi connectivity index (χ0) is 10.3. The van der Waals surface area contributed by atoms with Crippen LogP contribution in [0.2, 0.25) is 0 Å². The van der Waals surface area contributed by atoms with Crippen LogP contribution in [0.25, 0.3) is 0 Å². The molecule has 0 saturated heterocycles. The number of rotatable bonds is 0. The first-order valence-electron chi connectivity index (χ1n) is 4.87. The fraction of sp³-hybridized carbons (Fsp3) is 0.818. The van der Waals surface area contributed by atoms with Crippen molar-refractivity contribution in [2.24, 2.45) is 10.8 Å². The van der Waals surface area contributed by atoms with E-state index in [9.17, 15) is 9.59 Å². The lowest BCUT2D eigenvalue weighted by atomic mass is 9.79. The third-order valence-electron chi connectivity index (χ3n) is 3.04. The first-order chi connectivity index (χ1) is 5.77. The Labute approximate surface area is 79.7 Å². The Kier molecular flexibility index (Phi) is 2.35. The smallest absolute Gasteiger partial charge is 0.204 e. The number of hydrogen-bond acceptors (Lipinski definition) is 2. The van der Waals surface area contributed by atoms with Gasteiger partial charge in [-0.25, -0.2) is 0 Å². The molecular formula is C11H18O2. The van der Waals surface area contributed by atoms with Gasteiger partial charge in [0.05, 0.1) is 0 Å². The molecule has 0 aromatic heterocycles. The van der Waals surface area contributed by atoms with Crippen molar-refractivity contribution in [1.82, 2.24) is 0 Å². The van der Waals surface area contributed by atoms with Crippen molar-refractivity contribution in [3.05, 3.63) is 0 Å². The van der Waals surface area contributed by atoms with Crippen LogP contribution < -0.4 is 0 Å². The molecule has 13 heavy (non-hydrogen) atoms. The summed E-state index contributed by atoms with van der Waals surface area (Å²) in [6.45, 7) is 7.48. The van der Waals surface area contributed by atoms with Crippen LogP contribution in [0, 0.1) is 10.8 Å². The van der Waals surface area contributed by atoms with E-state index in [4.69, 9.17) is 0 Å². The highest BCUT2D eigenvalue weighted by Gasteiger charge is 2.43. The minimum absolute atomic E-state index is 0.185. The maximum Gasteiger partial charge on any atom is 0.204 e. The molecule has 0 aromatic rings. The Morgan fingerprint density at radius 2 is 1.15 bits per heavy atom. The van der Waals surface area contributed by atoms with E-state index in [1.807, 2.05) is 27.7 Å². The van der Waals surface area contributed by atoms with Gasteiger partial charge in [-0.3, -0.25) is 9.59 Å². The van der Waals surface area contributed by atoms with E-state index in [1.165, 1.54) is 0 Å². The second-order valence-electron chi connectivity index (χ2n) is 5.28. The van der Waals surface area contributed by atoms with Gasteiger partial charge in [0.25, 0.3) is 0 Å². The molecule has 1 aliphatic carbocycles. The lowest BCUT2D eigenvalue weighted by Gasteiger charge is -2.21. The third kappa shape index (κ3) is 1.82. The van der Waals surface area contributed by atoms with Crippen LogP contribution in [0.4, 0.5) is 0 Å². The molecule has 0 heterocycles. The summed E-state index contributed by atoms with van der Waals surface area (Å²) in [6, 6.07) is 0. The predicted molar refractivity (Wildman–Crippen MR) is 51.4 cm³/mol. The third-order valence-corrected chi connectivity index (χ3v) is 3.04. The summed E-state index contributed by atoms with van der Waals surface area (Å²) in [6.07, 6.45) is 2.64. The molecule has 0 aliphatic heterocycles. The Bertz CT molecular complexity index is 223. The van der Waals surface area contributed by atoms with E-state index in [0.717, 1.165) is 19.3 Å². The van der Waals surface area contributed by atoms with Gasteiger partial charge in [-0.05, 0) is 12.8 Å². The maximum atomic E-state index is 11.7. The molecule has 0 bridgehead atoms. The van der Waals surface area contributed by atoms with Crippen LogP contribution >= 0.6 is 0 Å². The molecule has 0 atom stereocenters. The standard InChI is InChI=1S/C11H18O2/c1-10(2)6-5-7-11(3,4)9(13)8(10)12/h5-7H2,1-4H3. The fourth-order valence-corrected chi connectivity index (χ4v) is 1.81. The largest absolute Gasteiger partial charge is 0.290 e. The Morgan fingerprint density at radius 3 is 1.46 bits per heavy atom. The van der Waals surface area contributed by atoms with E-state index in [0.29, 0.717) is 0 Å². The average Bonchev–Trinajstić information content (AvgIpc) is 2.04. The highest BCUT2D eigenvalue weighted by molar-refractivity contribution is 6.40. The zero-order valence-electron chi connectivity index (χ0n) is 8.94. The topological polar surface area (TPSA) is 34.1 Å². The molecule has 1 saturated carbocycles. The summed E-state index contributed by atoms with van der Waals surface area (Å²) < 4.78 is 0. The molecule has 1 rings (SSSR count). The van der Waals surface area contributed by atoms with Gasteiger partial charge < -0.3 is 0 Å². The molecule has 0 N–H and O–H groups in total. The Balaban J connectivity index is 3.01. The maximum absolute atomic E-state index is 11.7. The molecule has 1 fully saturated rings. The predicted octanol–water partition coefficient (Wildman–Crippen LogP) is 2.36. The van der Waals surface area contributed by atoms with Crippen molar-refractivity contribution in [3.8, 4) is 0 Å². The van der Waals surface area contributed by atoms with E-state index < -0.39 is 10.8 Å². The Hall–Kier alpha value is -0.660.